The molecule has 0 aliphatic rings. The molecule has 0 unspecified atom stereocenters. The van der Waals surface area contributed by atoms with E-state index in [1.165, 1.54) is 6.07 Å². The third-order valence-corrected chi connectivity index (χ3v) is 3.29. The maximum atomic E-state index is 11.1. The summed E-state index contributed by atoms with van der Waals surface area (Å²) in [6.45, 7) is 4.52. The molecular weight excluding hydrogens is 302 g/mol. The lowest BCUT2D eigenvalue weighted by Crippen LogP contribution is -2.06. The summed E-state index contributed by atoms with van der Waals surface area (Å²) in [5.41, 5.74) is 1.84. The fourth-order valence-electron chi connectivity index (χ4n) is 2.00. The van der Waals surface area contributed by atoms with Crippen LogP contribution in [0.3, 0.4) is 0 Å². The van der Waals surface area contributed by atoms with Crippen LogP contribution >= 0.6 is 11.6 Å². The minimum Gasteiger partial charge on any atom is -0.491 e. The molecule has 0 spiro atoms. The van der Waals surface area contributed by atoms with Gasteiger partial charge >= 0.3 is 5.97 Å². The summed E-state index contributed by atoms with van der Waals surface area (Å²) in [6, 6.07) is 12.6. The van der Waals surface area contributed by atoms with Crippen LogP contribution in [0.5, 0.6) is 5.75 Å². The van der Waals surface area contributed by atoms with E-state index in [-0.39, 0.29) is 16.7 Å². The van der Waals surface area contributed by atoms with Crippen molar-refractivity contribution in [2.24, 2.45) is 0 Å². The van der Waals surface area contributed by atoms with Crippen LogP contribution in [0.25, 0.3) is 0 Å². The van der Waals surface area contributed by atoms with Crippen molar-refractivity contribution in [3.63, 3.8) is 0 Å². The SMILES string of the molecule is CC(C)Oc1cccc(CNc2ccc(Cl)c(C(=O)O)c2)c1. The van der Waals surface area contributed by atoms with Gasteiger partial charge in [-0.2, -0.15) is 0 Å². The number of carboxylic acid groups (broad SMARTS) is 1. The molecule has 22 heavy (non-hydrogen) atoms. The molecule has 0 bridgehead atoms. The van der Waals surface area contributed by atoms with Gasteiger partial charge < -0.3 is 15.2 Å². The third-order valence-electron chi connectivity index (χ3n) is 2.96. The van der Waals surface area contributed by atoms with Gasteiger partial charge in [-0.05, 0) is 49.7 Å². The van der Waals surface area contributed by atoms with Crippen LogP contribution in [0.1, 0.15) is 29.8 Å². The zero-order valence-electron chi connectivity index (χ0n) is 12.5. The number of carbonyl (C=O) groups is 1. The van der Waals surface area contributed by atoms with Gasteiger partial charge in [0.05, 0.1) is 16.7 Å². The third kappa shape index (κ3) is 4.40. The van der Waals surface area contributed by atoms with E-state index in [1.807, 2.05) is 38.1 Å². The Balaban J connectivity index is 2.07. The lowest BCUT2D eigenvalue weighted by atomic mass is 10.1. The number of aromatic carboxylic acids is 1. The Kier molecular flexibility index (Phi) is 5.28. The second-order valence-corrected chi connectivity index (χ2v) is 5.57. The van der Waals surface area contributed by atoms with Gasteiger partial charge in [0, 0.05) is 12.2 Å². The maximum absolute atomic E-state index is 11.1. The van der Waals surface area contributed by atoms with Gasteiger partial charge in [0.1, 0.15) is 5.75 Å². The predicted octanol–water partition coefficient (Wildman–Crippen LogP) is 4.44. The fraction of sp³-hybridized carbons (Fsp3) is 0.235. The molecule has 2 aromatic rings. The van der Waals surface area contributed by atoms with Crippen LogP contribution in [0, 0.1) is 0 Å². The molecule has 0 atom stereocenters. The molecule has 0 amide bonds. The summed E-state index contributed by atoms with van der Waals surface area (Å²) in [7, 11) is 0. The van der Waals surface area contributed by atoms with E-state index in [0.29, 0.717) is 12.2 Å². The Bertz CT molecular complexity index is 671. The Morgan fingerprint density at radius 1 is 1.27 bits per heavy atom. The molecule has 2 aromatic carbocycles. The average molecular weight is 320 g/mol. The highest BCUT2D eigenvalue weighted by Crippen LogP contribution is 2.22. The standard InChI is InChI=1S/C17H18ClNO3/c1-11(2)22-14-5-3-4-12(8-14)10-19-13-6-7-16(18)15(9-13)17(20)21/h3-9,11,19H,10H2,1-2H3,(H,20,21). The van der Waals surface area contributed by atoms with Crippen LogP contribution in [-0.4, -0.2) is 17.2 Å². The monoisotopic (exact) mass is 319 g/mol. The molecule has 0 aromatic heterocycles. The molecule has 2 rings (SSSR count). The van der Waals surface area contributed by atoms with Gasteiger partial charge in [0.2, 0.25) is 0 Å². The van der Waals surface area contributed by atoms with E-state index in [0.717, 1.165) is 11.3 Å². The van der Waals surface area contributed by atoms with E-state index in [1.54, 1.807) is 12.1 Å². The molecule has 0 saturated heterocycles. The van der Waals surface area contributed by atoms with Crippen LogP contribution in [-0.2, 0) is 6.54 Å². The van der Waals surface area contributed by atoms with Crippen molar-refractivity contribution in [3.05, 3.63) is 58.6 Å². The molecule has 0 saturated carbocycles. The first-order valence-corrected chi connectivity index (χ1v) is 7.36. The van der Waals surface area contributed by atoms with Crippen molar-refractivity contribution in [2.75, 3.05) is 5.32 Å². The van der Waals surface area contributed by atoms with E-state index >= 15 is 0 Å². The minimum atomic E-state index is -1.04. The number of hydrogen-bond acceptors (Lipinski definition) is 3. The Morgan fingerprint density at radius 3 is 2.73 bits per heavy atom. The molecule has 0 radical (unpaired) electrons. The molecule has 5 heteroatoms. The van der Waals surface area contributed by atoms with E-state index in [9.17, 15) is 4.79 Å². The summed E-state index contributed by atoms with van der Waals surface area (Å²) < 4.78 is 5.65. The van der Waals surface area contributed by atoms with Gasteiger partial charge in [-0.25, -0.2) is 4.79 Å². The zero-order valence-corrected chi connectivity index (χ0v) is 13.2. The minimum absolute atomic E-state index is 0.0866. The fourth-order valence-corrected chi connectivity index (χ4v) is 2.20. The number of benzene rings is 2. The lowest BCUT2D eigenvalue weighted by Gasteiger charge is -2.12. The first-order valence-electron chi connectivity index (χ1n) is 6.98. The molecule has 116 valence electrons. The summed E-state index contributed by atoms with van der Waals surface area (Å²) in [5.74, 6) is -0.224. The smallest absolute Gasteiger partial charge is 0.337 e. The Labute approximate surface area is 134 Å². The summed E-state index contributed by atoms with van der Waals surface area (Å²) in [5, 5.41) is 12.5. The molecule has 0 aliphatic carbocycles. The maximum Gasteiger partial charge on any atom is 0.337 e. The van der Waals surface area contributed by atoms with Gasteiger partial charge in [0.15, 0.2) is 0 Å². The van der Waals surface area contributed by atoms with Crippen molar-refractivity contribution < 1.29 is 14.6 Å². The van der Waals surface area contributed by atoms with Crippen molar-refractivity contribution in [1.29, 1.82) is 0 Å². The zero-order chi connectivity index (χ0) is 16.1. The highest BCUT2D eigenvalue weighted by Gasteiger charge is 2.09. The quantitative estimate of drug-likeness (QED) is 0.826. The van der Waals surface area contributed by atoms with Crippen LogP contribution in [0.2, 0.25) is 5.02 Å². The predicted molar refractivity (Wildman–Crippen MR) is 87.9 cm³/mol. The highest BCUT2D eigenvalue weighted by molar-refractivity contribution is 6.33. The Morgan fingerprint density at radius 2 is 2.05 bits per heavy atom. The number of rotatable bonds is 6. The van der Waals surface area contributed by atoms with Gasteiger partial charge in [-0.3, -0.25) is 0 Å². The molecule has 4 nitrogen and oxygen atoms in total. The number of anilines is 1. The summed E-state index contributed by atoms with van der Waals surface area (Å²) in [4.78, 5) is 11.1. The number of halogens is 1. The van der Waals surface area contributed by atoms with E-state index < -0.39 is 5.97 Å². The van der Waals surface area contributed by atoms with E-state index in [4.69, 9.17) is 21.4 Å². The van der Waals surface area contributed by atoms with Gasteiger partial charge in [0.25, 0.3) is 0 Å². The van der Waals surface area contributed by atoms with Gasteiger partial charge in [-0.1, -0.05) is 23.7 Å². The van der Waals surface area contributed by atoms with Gasteiger partial charge in [-0.15, -0.1) is 0 Å². The van der Waals surface area contributed by atoms with Crippen LogP contribution in [0.15, 0.2) is 42.5 Å². The largest absolute Gasteiger partial charge is 0.491 e. The topological polar surface area (TPSA) is 58.6 Å². The number of hydrogen-bond donors (Lipinski definition) is 2. The number of nitrogens with one attached hydrogen (secondary N) is 1. The number of carboxylic acids is 1. The molecule has 2 N–H and O–H groups in total. The lowest BCUT2D eigenvalue weighted by molar-refractivity contribution is 0.0697. The molecule has 0 fully saturated rings. The highest BCUT2D eigenvalue weighted by atomic mass is 35.5. The van der Waals surface area contributed by atoms with Crippen molar-refractivity contribution >= 4 is 23.3 Å². The molecular formula is C17H18ClNO3. The summed E-state index contributed by atoms with van der Waals surface area (Å²) >= 11 is 5.85. The molecule has 0 heterocycles. The molecule has 0 aliphatic heterocycles. The number of ether oxygens (including phenoxy) is 1. The van der Waals surface area contributed by atoms with Crippen molar-refractivity contribution in [3.8, 4) is 5.75 Å². The van der Waals surface area contributed by atoms with Crippen LogP contribution in [0.4, 0.5) is 5.69 Å². The van der Waals surface area contributed by atoms with Crippen molar-refractivity contribution in [2.45, 2.75) is 26.5 Å². The first kappa shape index (κ1) is 16.2. The second-order valence-electron chi connectivity index (χ2n) is 5.17. The van der Waals surface area contributed by atoms with Crippen molar-refractivity contribution in [1.82, 2.24) is 0 Å². The second kappa shape index (κ2) is 7.18. The van der Waals surface area contributed by atoms with Crippen LogP contribution < -0.4 is 10.1 Å². The average Bonchev–Trinajstić information content (AvgIpc) is 2.46. The van der Waals surface area contributed by atoms with E-state index in [2.05, 4.69) is 5.32 Å². The summed E-state index contributed by atoms with van der Waals surface area (Å²) in [6.07, 6.45) is 0.123. The first-order chi connectivity index (χ1) is 10.5. The Hall–Kier alpha value is -2.20. The normalized spacial score (nSPS) is 10.5.